The average molecular weight is 318 g/mol. The van der Waals surface area contributed by atoms with Crippen molar-refractivity contribution in [3.63, 3.8) is 0 Å². The molecule has 1 atom stereocenters. The van der Waals surface area contributed by atoms with Crippen LogP contribution in [-0.2, 0) is 4.79 Å². The Labute approximate surface area is 140 Å². The number of rotatable bonds is 6. The van der Waals surface area contributed by atoms with Crippen molar-refractivity contribution in [1.82, 2.24) is 10.2 Å². The van der Waals surface area contributed by atoms with Crippen LogP contribution in [0.5, 0.6) is 5.75 Å². The number of benzene rings is 1. The second kappa shape index (κ2) is 8.34. The van der Waals surface area contributed by atoms with Crippen molar-refractivity contribution in [3.8, 4) is 5.75 Å². The monoisotopic (exact) mass is 318 g/mol. The van der Waals surface area contributed by atoms with Crippen LogP contribution in [0.2, 0.25) is 0 Å². The molecule has 1 aliphatic rings. The van der Waals surface area contributed by atoms with Gasteiger partial charge in [-0.1, -0.05) is 26.0 Å². The lowest BCUT2D eigenvalue weighted by Gasteiger charge is -2.32. The Hall–Kier alpha value is -1.55. The molecule has 0 aromatic heterocycles. The Morgan fingerprint density at radius 2 is 2.22 bits per heavy atom. The summed E-state index contributed by atoms with van der Waals surface area (Å²) in [5.74, 6) is 1.89. The van der Waals surface area contributed by atoms with Crippen LogP contribution in [0.3, 0.4) is 0 Å². The molecule has 1 saturated heterocycles. The minimum Gasteiger partial charge on any atom is -0.483 e. The van der Waals surface area contributed by atoms with E-state index < -0.39 is 0 Å². The van der Waals surface area contributed by atoms with Crippen LogP contribution in [0.15, 0.2) is 18.2 Å². The van der Waals surface area contributed by atoms with Crippen LogP contribution in [0.4, 0.5) is 0 Å². The van der Waals surface area contributed by atoms with E-state index in [9.17, 15) is 4.79 Å². The predicted octanol–water partition coefficient (Wildman–Crippen LogP) is 2.96. The molecule has 2 rings (SSSR count). The first-order valence-corrected chi connectivity index (χ1v) is 8.67. The maximum Gasteiger partial charge on any atom is 0.260 e. The van der Waals surface area contributed by atoms with Gasteiger partial charge in [-0.15, -0.1) is 0 Å². The number of ether oxygens (including phenoxy) is 1. The smallest absolute Gasteiger partial charge is 0.260 e. The van der Waals surface area contributed by atoms with Crippen LogP contribution in [0.1, 0.15) is 43.7 Å². The number of carbonyl (C=O) groups excluding carboxylic acids is 1. The molecule has 1 heterocycles. The minimum absolute atomic E-state index is 0.0991. The second-order valence-corrected chi connectivity index (χ2v) is 6.89. The maximum absolute atomic E-state index is 12.5. The molecule has 0 saturated carbocycles. The normalized spacial score (nSPS) is 18.3. The largest absolute Gasteiger partial charge is 0.483 e. The Kier molecular flexibility index (Phi) is 6.46. The van der Waals surface area contributed by atoms with Crippen molar-refractivity contribution in [3.05, 3.63) is 29.3 Å². The zero-order valence-corrected chi connectivity index (χ0v) is 14.9. The van der Waals surface area contributed by atoms with Gasteiger partial charge < -0.3 is 15.0 Å². The summed E-state index contributed by atoms with van der Waals surface area (Å²) in [7, 11) is 1.97. The molecule has 4 nitrogen and oxygen atoms in total. The first kappa shape index (κ1) is 17.8. The first-order chi connectivity index (χ1) is 11.0. The molecule has 1 amide bonds. The molecular weight excluding hydrogens is 288 g/mol. The predicted molar refractivity (Wildman–Crippen MR) is 94.0 cm³/mol. The third kappa shape index (κ3) is 4.96. The fourth-order valence-corrected chi connectivity index (χ4v) is 3.22. The van der Waals surface area contributed by atoms with Crippen LogP contribution < -0.4 is 10.1 Å². The highest BCUT2D eigenvalue weighted by Crippen LogP contribution is 2.27. The molecule has 1 unspecified atom stereocenters. The summed E-state index contributed by atoms with van der Waals surface area (Å²) in [6.45, 7) is 9.14. The SMILES string of the molecule is CNCC1CCCN(C(=O)COc2cc(C)ccc2C(C)C)C1. The zero-order chi connectivity index (χ0) is 16.8. The number of hydrogen-bond acceptors (Lipinski definition) is 3. The zero-order valence-electron chi connectivity index (χ0n) is 14.9. The number of carbonyl (C=O) groups is 1. The van der Waals surface area contributed by atoms with Crippen molar-refractivity contribution in [2.75, 3.05) is 33.3 Å². The lowest BCUT2D eigenvalue weighted by Crippen LogP contribution is -2.44. The number of nitrogens with zero attached hydrogens (tertiary/aromatic N) is 1. The molecule has 1 fully saturated rings. The highest BCUT2D eigenvalue weighted by atomic mass is 16.5. The number of hydrogen-bond donors (Lipinski definition) is 1. The number of likely N-dealkylation sites (tertiary alicyclic amines) is 1. The Bertz CT molecular complexity index is 526. The van der Waals surface area contributed by atoms with Crippen molar-refractivity contribution in [2.45, 2.75) is 39.5 Å². The van der Waals surface area contributed by atoms with Gasteiger partial charge in [-0.25, -0.2) is 0 Å². The van der Waals surface area contributed by atoms with Crippen molar-refractivity contribution < 1.29 is 9.53 Å². The van der Waals surface area contributed by atoms with E-state index in [1.807, 2.05) is 24.9 Å². The molecule has 23 heavy (non-hydrogen) atoms. The van der Waals surface area contributed by atoms with Crippen LogP contribution in [-0.4, -0.2) is 44.1 Å². The molecule has 1 aromatic carbocycles. The molecule has 4 heteroatoms. The van der Waals surface area contributed by atoms with E-state index in [2.05, 4.69) is 31.3 Å². The van der Waals surface area contributed by atoms with E-state index in [1.165, 1.54) is 6.42 Å². The number of piperidine rings is 1. The van der Waals surface area contributed by atoms with Gasteiger partial charge in [0.1, 0.15) is 5.75 Å². The van der Waals surface area contributed by atoms with E-state index in [0.29, 0.717) is 11.8 Å². The molecule has 0 radical (unpaired) electrons. The highest BCUT2D eigenvalue weighted by Gasteiger charge is 2.23. The third-order valence-corrected chi connectivity index (χ3v) is 4.51. The summed E-state index contributed by atoms with van der Waals surface area (Å²) in [6, 6.07) is 6.23. The van der Waals surface area contributed by atoms with Gasteiger partial charge >= 0.3 is 0 Å². The van der Waals surface area contributed by atoms with Crippen LogP contribution in [0, 0.1) is 12.8 Å². The molecule has 0 aliphatic carbocycles. The Morgan fingerprint density at radius 1 is 1.43 bits per heavy atom. The molecule has 1 aromatic rings. The van der Waals surface area contributed by atoms with Crippen molar-refractivity contribution in [2.24, 2.45) is 5.92 Å². The summed E-state index contributed by atoms with van der Waals surface area (Å²) < 4.78 is 5.88. The van der Waals surface area contributed by atoms with E-state index >= 15 is 0 Å². The maximum atomic E-state index is 12.5. The van der Waals surface area contributed by atoms with Gasteiger partial charge in [0.25, 0.3) is 5.91 Å². The molecule has 1 aliphatic heterocycles. The van der Waals surface area contributed by atoms with E-state index in [-0.39, 0.29) is 12.5 Å². The fraction of sp³-hybridized carbons (Fsp3) is 0.632. The fourth-order valence-electron chi connectivity index (χ4n) is 3.22. The van der Waals surface area contributed by atoms with Crippen LogP contribution >= 0.6 is 0 Å². The lowest BCUT2D eigenvalue weighted by atomic mass is 9.98. The standard InChI is InChI=1S/C19H30N2O2/c1-14(2)17-8-7-15(3)10-18(17)23-13-19(22)21-9-5-6-16(12-21)11-20-4/h7-8,10,14,16,20H,5-6,9,11-13H2,1-4H3. The Balaban J connectivity index is 1.95. The third-order valence-electron chi connectivity index (χ3n) is 4.51. The highest BCUT2D eigenvalue weighted by molar-refractivity contribution is 5.78. The number of nitrogens with one attached hydrogen (secondary N) is 1. The minimum atomic E-state index is 0.0991. The molecule has 0 spiro atoms. The van der Waals surface area contributed by atoms with Crippen molar-refractivity contribution >= 4 is 5.91 Å². The van der Waals surface area contributed by atoms with Gasteiger partial charge in [0.05, 0.1) is 0 Å². The van der Waals surface area contributed by atoms with Gasteiger partial charge in [0.2, 0.25) is 0 Å². The first-order valence-electron chi connectivity index (χ1n) is 8.67. The summed E-state index contributed by atoms with van der Waals surface area (Å²) in [5, 5.41) is 3.21. The quantitative estimate of drug-likeness (QED) is 0.877. The number of aryl methyl sites for hydroxylation is 1. The van der Waals surface area contributed by atoms with Gasteiger partial charge in [0.15, 0.2) is 6.61 Å². The van der Waals surface area contributed by atoms with Crippen molar-refractivity contribution in [1.29, 1.82) is 0 Å². The van der Waals surface area contributed by atoms with Gasteiger partial charge in [-0.3, -0.25) is 4.79 Å². The van der Waals surface area contributed by atoms with E-state index in [0.717, 1.165) is 42.9 Å². The average Bonchev–Trinajstić information content (AvgIpc) is 2.53. The lowest BCUT2D eigenvalue weighted by molar-refractivity contribution is -0.135. The second-order valence-electron chi connectivity index (χ2n) is 6.89. The van der Waals surface area contributed by atoms with Crippen LogP contribution in [0.25, 0.3) is 0 Å². The molecule has 128 valence electrons. The molecule has 0 bridgehead atoms. The van der Waals surface area contributed by atoms with E-state index in [1.54, 1.807) is 0 Å². The molecule has 1 N–H and O–H groups in total. The summed E-state index contributed by atoms with van der Waals surface area (Å²) in [5.41, 5.74) is 2.32. The summed E-state index contributed by atoms with van der Waals surface area (Å²) >= 11 is 0. The van der Waals surface area contributed by atoms with Gasteiger partial charge in [-0.2, -0.15) is 0 Å². The summed E-state index contributed by atoms with van der Waals surface area (Å²) in [6.07, 6.45) is 2.28. The topological polar surface area (TPSA) is 41.6 Å². The van der Waals surface area contributed by atoms with Gasteiger partial charge in [0, 0.05) is 13.1 Å². The number of amides is 1. The molecular formula is C19H30N2O2. The van der Waals surface area contributed by atoms with E-state index in [4.69, 9.17) is 4.74 Å². The Morgan fingerprint density at radius 3 is 2.91 bits per heavy atom. The van der Waals surface area contributed by atoms with Gasteiger partial charge in [-0.05, 0) is 62.4 Å². The summed E-state index contributed by atoms with van der Waals surface area (Å²) in [4.78, 5) is 14.4.